The minimum atomic E-state index is 0.146. The Hall–Kier alpha value is -1.59. The van der Waals surface area contributed by atoms with Gasteiger partial charge in [0.2, 0.25) is 0 Å². The summed E-state index contributed by atoms with van der Waals surface area (Å²) in [6.07, 6.45) is 13.8. The highest BCUT2D eigenvalue weighted by atomic mass is 16.2. The minimum Gasteiger partial charge on any atom is -0.337 e. The first-order chi connectivity index (χ1) is 12.2. The molecular weight excluding hydrogens is 314 g/mol. The zero-order valence-corrected chi connectivity index (χ0v) is 14.9. The normalized spacial score (nSPS) is 37.4. The van der Waals surface area contributed by atoms with Gasteiger partial charge in [-0.25, -0.2) is 14.5 Å². The molecule has 1 saturated heterocycles. The molecule has 6 rings (SSSR count). The predicted octanol–water partition coefficient (Wildman–Crippen LogP) is 2.84. The van der Waals surface area contributed by atoms with Crippen LogP contribution in [0.1, 0.15) is 57.4 Å². The first-order valence-corrected chi connectivity index (χ1v) is 10.1. The average Bonchev–Trinajstić information content (AvgIpc) is 3.13. The molecule has 25 heavy (non-hydrogen) atoms. The molecule has 4 aliphatic carbocycles. The number of rotatable bonds is 3. The van der Waals surface area contributed by atoms with Crippen molar-refractivity contribution in [1.29, 1.82) is 0 Å². The highest BCUT2D eigenvalue weighted by Gasteiger charge is 2.50. The fraction of sp³-hybridized carbons (Fsp3) is 0.842. The topological polar surface area (TPSA) is 63.1 Å². The Labute approximate surface area is 149 Å². The van der Waals surface area contributed by atoms with Crippen LogP contribution in [-0.2, 0) is 0 Å². The summed E-state index contributed by atoms with van der Waals surface area (Å²) in [6.45, 7) is 2.53. The number of likely N-dealkylation sites (tertiary alicyclic amines) is 1. The lowest BCUT2D eigenvalue weighted by atomic mass is 9.49. The van der Waals surface area contributed by atoms with Crippen LogP contribution in [0, 0.1) is 23.2 Å². The van der Waals surface area contributed by atoms with Crippen LogP contribution in [0.4, 0.5) is 4.79 Å². The molecular formula is C19H29N5O. The number of carbonyl (C=O) groups is 1. The second-order valence-corrected chi connectivity index (χ2v) is 9.17. The van der Waals surface area contributed by atoms with E-state index in [1.807, 2.05) is 9.58 Å². The van der Waals surface area contributed by atoms with Gasteiger partial charge in [-0.15, -0.1) is 0 Å². The first kappa shape index (κ1) is 15.6. The second-order valence-electron chi connectivity index (χ2n) is 9.17. The van der Waals surface area contributed by atoms with Crippen LogP contribution < -0.4 is 5.32 Å². The zero-order chi connectivity index (χ0) is 16.9. The molecule has 2 amide bonds. The lowest BCUT2D eigenvalue weighted by Gasteiger charge is -2.57. The Morgan fingerprint density at radius 2 is 1.72 bits per heavy atom. The molecule has 1 aliphatic heterocycles. The lowest BCUT2D eigenvalue weighted by Crippen LogP contribution is -2.53. The van der Waals surface area contributed by atoms with Crippen LogP contribution in [0.2, 0.25) is 0 Å². The summed E-state index contributed by atoms with van der Waals surface area (Å²) >= 11 is 0. The van der Waals surface area contributed by atoms with E-state index in [0.717, 1.165) is 50.2 Å². The molecule has 2 heterocycles. The van der Waals surface area contributed by atoms with Gasteiger partial charge in [0.25, 0.3) is 0 Å². The van der Waals surface area contributed by atoms with Crippen LogP contribution in [0.3, 0.4) is 0 Å². The molecule has 0 spiro atoms. The summed E-state index contributed by atoms with van der Waals surface area (Å²) in [5.74, 6) is 2.84. The SMILES string of the molecule is O=C(NCC12CC3CC(CC(C3)C1)C2)N1CCC(n2cncn2)CC1. The molecule has 1 aromatic heterocycles. The largest absolute Gasteiger partial charge is 0.337 e. The Balaban J connectivity index is 1.14. The number of hydrogen-bond donors (Lipinski definition) is 1. The number of nitrogens with one attached hydrogen (secondary N) is 1. The fourth-order valence-corrected chi connectivity index (χ4v) is 6.62. The van der Waals surface area contributed by atoms with Crippen molar-refractivity contribution >= 4 is 6.03 Å². The Bertz CT molecular complexity index is 584. The highest BCUT2D eigenvalue weighted by Crippen LogP contribution is 2.59. The Kier molecular flexibility index (Phi) is 3.75. The molecule has 0 radical (unpaired) electrons. The van der Waals surface area contributed by atoms with E-state index in [4.69, 9.17) is 0 Å². The van der Waals surface area contributed by atoms with Gasteiger partial charge in [0.05, 0.1) is 6.04 Å². The molecule has 4 bridgehead atoms. The molecule has 6 nitrogen and oxygen atoms in total. The van der Waals surface area contributed by atoms with E-state index in [2.05, 4.69) is 15.4 Å². The van der Waals surface area contributed by atoms with E-state index >= 15 is 0 Å². The van der Waals surface area contributed by atoms with Crippen LogP contribution in [-0.4, -0.2) is 45.3 Å². The molecule has 0 aromatic carbocycles. The lowest BCUT2D eigenvalue weighted by molar-refractivity contribution is -0.0503. The van der Waals surface area contributed by atoms with Crippen LogP contribution in [0.5, 0.6) is 0 Å². The summed E-state index contributed by atoms with van der Waals surface area (Å²) in [6, 6.07) is 0.530. The van der Waals surface area contributed by atoms with Gasteiger partial charge < -0.3 is 10.2 Å². The molecule has 1 N–H and O–H groups in total. The summed E-state index contributed by atoms with van der Waals surface area (Å²) in [7, 11) is 0. The summed E-state index contributed by atoms with van der Waals surface area (Å²) in [5.41, 5.74) is 0.420. The van der Waals surface area contributed by atoms with Crippen LogP contribution >= 0.6 is 0 Å². The monoisotopic (exact) mass is 343 g/mol. The molecule has 0 unspecified atom stereocenters. The van der Waals surface area contributed by atoms with E-state index in [0.29, 0.717) is 11.5 Å². The number of urea groups is 1. The van der Waals surface area contributed by atoms with Gasteiger partial charge in [-0.3, -0.25) is 0 Å². The number of piperidine rings is 1. The van der Waals surface area contributed by atoms with Crippen molar-refractivity contribution in [1.82, 2.24) is 25.0 Å². The smallest absolute Gasteiger partial charge is 0.317 e. The van der Waals surface area contributed by atoms with E-state index in [1.165, 1.54) is 38.5 Å². The predicted molar refractivity (Wildman–Crippen MR) is 93.9 cm³/mol. The van der Waals surface area contributed by atoms with E-state index in [-0.39, 0.29) is 6.03 Å². The van der Waals surface area contributed by atoms with Crippen LogP contribution in [0.15, 0.2) is 12.7 Å². The zero-order valence-electron chi connectivity index (χ0n) is 14.9. The molecule has 6 heteroatoms. The van der Waals surface area contributed by atoms with Gasteiger partial charge in [-0.1, -0.05) is 0 Å². The van der Waals surface area contributed by atoms with Crippen molar-refractivity contribution in [3.8, 4) is 0 Å². The maximum atomic E-state index is 12.7. The summed E-state index contributed by atoms with van der Waals surface area (Å²) in [4.78, 5) is 18.7. The third-order valence-electron chi connectivity index (χ3n) is 7.34. The molecule has 4 saturated carbocycles. The number of nitrogens with zero attached hydrogens (tertiary/aromatic N) is 4. The van der Waals surface area contributed by atoms with Crippen molar-refractivity contribution in [3.63, 3.8) is 0 Å². The van der Waals surface area contributed by atoms with E-state index in [9.17, 15) is 4.79 Å². The van der Waals surface area contributed by atoms with E-state index < -0.39 is 0 Å². The first-order valence-electron chi connectivity index (χ1n) is 10.1. The molecule has 136 valence electrons. The summed E-state index contributed by atoms with van der Waals surface area (Å²) < 4.78 is 1.94. The average molecular weight is 343 g/mol. The Morgan fingerprint density at radius 3 is 2.28 bits per heavy atom. The minimum absolute atomic E-state index is 0.146. The number of carbonyl (C=O) groups excluding carboxylic acids is 1. The third kappa shape index (κ3) is 2.93. The van der Waals surface area contributed by atoms with Gasteiger partial charge in [-0.05, 0) is 74.5 Å². The standard InChI is InChI=1S/C19H29N5O/c25-18(23-3-1-17(2-4-23)24-13-20-12-22-24)21-11-19-8-14-5-15(9-19)7-16(6-14)10-19/h12-17H,1-11H2,(H,21,25). The van der Waals surface area contributed by atoms with Crippen molar-refractivity contribution in [3.05, 3.63) is 12.7 Å². The number of hydrogen-bond acceptors (Lipinski definition) is 3. The molecule has 0 atom stereocenters. The second kappa shape index (κ2) is 5.99. The maximum Gasteiger partial charge on any atom is 0.317 e. The van der Waals surface area contributed by atoms with Gasteiger partial charge in [-0.2, -0.15) is 5.10 Å². The highest BCUT2D eigenvalue weighted by molar-refractivity contribution is 5.74. The van der Waals surface area contributed by atoms with Crippen LogP contribution in [0.25, 0.3) is 0 Å². The molecule has 5 fully saturated rings. The van der Waals surface area contributed by atoms with Gasteiger partial charge in [0, 0.05) is 19.6 Å². The Morgan fingerprint density at radius 1 is 1.08 bits per heavy atom. The molecule has 5 aliphatic rings. The van der Waals surface area contributed by atoms with Crippen molar-refractivity contribution < 1.29 is 4.79 Å². The fourth-order valence-electron chi connectivity index (χ4n) is 6.62. The summed E-state index contributed by atoms with van der Waals surface area (Å²) in [5, 5.41) is 7.55. The number of aromatic nitrogens is 3. The van der Waals surface area contributed by atoms with Gasteiger partial charge >= 0.3 is 6.03 Å². The van der Waals surface area contributed by atoms with Crippen molar-refractivity contribution in [2.75, 3.05) is 19.6 Å². The van der Waals surface area contributed by atoms with Gasteiger partial charge in [0.15, 0.2) is 0 Å². The quantitative estimate of drug-likeness (QED) is 0.918. The van der Waals surface area contributed by atoms with Crippen molar-refractivity contribution in [2.45, 2.75) is 57.4 Å². The third-order valence-corrected chi connectivity index (χ3v) is 7.34. The maximum absolute atomic E-state index is 12.7. The van der Waals surface area contributed by atoms with Crippen molar-refractivity contribution in [2.24, 2.45) is 23.2 Å². The van der Waals surface area contributed by atoms with Gasteiger partial charge in [0.1, 0.15) is 12.7 Å². The number of amides is 2. The molecule has 1 aromatic rings. The van der Waals surface area contributed by atoms with E-state index in [1.54, 1.807) is 12.7 Å².